The van der Waals surface area contributed by atoms with Crippen LogP contribution in [0.2, 0.25) is 0 Å². The minimum atomic E-state index is -0.595. The summed E-state index contributed by atoms with van der Waals surface area (Å²) in [7, 11) is 1.60. The van der Waals surface area contributed by atoms with Gasteiger partial charge in [-0.1, -0.05) is 37.6 Å². The second kappa shape index (κ2) is 13.0. The molecular weight excluding hydrogens is 415 g/mol. The van der Waals surface area contributed by atoms with Crippen molar-refractivity contribution in [3.05, 3.63) is 65.5 Å². The summed E-state index contributed by atoms with van der Waals surface area (Å²) in [6.07, 6.45) is 1.89. The van der Waals surface area contributed by atoms with Crippen molar-refractivity contribution in [3.8, 4) is 5.75 Å². The van der Waals surface area contributed by atoms with Crippen molar-refractivity contribution < 1.29 is 18.7 Å². The van der Waals surface area contributed by atoms with Crippen LogP contribution in [0.25, 0.3) is 0 Å². The van der Waals surface area contributed by atoms with Crippen LogP contribution in [0.4, 0.5) is 4.39 Å². The first kappa shape index (κ1) is 24.7. The molecule has 0 saturated heterocycles. The molecule has 7 heteroatoms. The zero-order valence-electron chi connectivity index (χ0n) is 18.4. The van der Waals surface area contributed by atoms with Gasteiger partial charge >= 0.3 is 0 Å². The Morgan fingerprint density at radius 2 is 1.90 bits per heavy atom. The number of unbranched alkanes of at least 4 members (excludes halogenated alkanes) is 1. The topological polar surface area (TPSA) is 58.6 Å². The van der Waals surface area contributed by atoms with E-state index in [-0.39, 0.29) is 23.4 Å². The summed E-state index contributed by atoms with van der Waals surface area (Å²) < 4.78 is 18.3. The highest BCUT2D eigenvalue weighted by molar-refractivity contribution is 7.99. The third kappa shape index (κ3) is 8.25. The van der Waals surface area contributed by atoms with E-state index >= 15 is 0 Å². The van der Waals surface area contributed by atoms with E-state index in [9.17, 15) is 14.0 Å². The Morgan fingerprint density at radius 3 is 2.58 bits per heavy atom. The molecular formula is C24H31FN2O3S. The van der Waals surface area contributed by atoms with Crippen LogP contribution in [0.1, 0.15) is 37.8 Å². The third-order valence-electron chi connectivity index (χ3n) is 4.89. The average molecular weight is 447 g/mol. The smallest absolute Gasteiger partial charge is 0.242 e. The Kier molecular flexibility index (Phi) is 10.4. The predicted molar refractivity (Wildman–Crippen MR) is 123 cm³/mol. The van der Waals surface area contributed by atoms with Crippen molar-refractivity contribution in [1.29, 1.82) is 0 Å². The van der Waals surface area contributed by atoms with Crippen LogP contribution >= 0.6 is 11.8 Å². The second-order valence-corrected chi connectivity index (χ2v) is 8.30. The van der Waals surface area contributed by atoms with E-state index in [0.29, 0.717) is 24.6 Å². The van der Waals surface area contributed by atoms with Gasteiger partial charge < -0.3 is 15.0 Å². The molecule has 0 spiro atoms. The molecule has 0 unspecified atom stereocenters. The van der Waals surface area contributed by atoms with Crippen molar-refractivity contribution in [1.82, 2.24) is 10.2 Å². The number of nitrogens with zero attached hydrogens (tertiary/aromatic N) is 1. The Bertz CT molecular complexity index is 845. The predicted octanol–water partition coefficient (Wildman–Crippen LogP) is 4.40. The van der Waals surface area contributed by atoms with Gasteiger partial charge in [0.15, 0.2) is 0 Å². The van der Waals surface area contributed by atoms with Crippen LogP contribution in [0.3, 0.4) is 0 Å². The second-order valence-electron chi connectivity index (χ2n) is 7.31. The highest BCUT2D eigenvalue weighted by atomic mass is 32.2. The van der Waals surface area contributed by atoms with Crippen LogP contribution in [-0.4, -0.2) is 42.2 Å². The number of methoxy groups -OCH3 is 1. The van der Waals surface area contributed by atoms with E-state index in [0.717, 1.165) is 24.0 Å². The molecule has 0 bridgehead atoms. The summed E-state index contributed by atoms with van der Waals surface area (Å²) in [4.78, 5) is 27.3. The SMILES string of the molecule is CCCCNC(=O)[C@H](C)N(Cc1cccc(OC)c1)C(=O)CSCc1ccc(F)cc1. The summed E-state index contributed by atoms with van der Waals surface area (Å²) in [6, 6.07) is 13.1. The maximum absolute atomic E-state index is 13.1. The first-order valence-electron chi connectivity index (χ1n) is 10.5. The van der Waals surface area contributed by atoms with Crippen LogP contribution in [0, 0.1) is 5.82 Å². The van der Waals surface area contributed by atoms with E-state index in [2.05, 4.69) is 12.2 Å². The fraction of sp³-hybridized carbons (Fsp3) is 0.417. The number of thioether (sulfide) groups is 1. The van der Waals surface area contributed by atoms with Gasteiger partial charge in [0.1, 0.15) is 17.6 Å². The molecule has 0 fully saturated rings. The van der Waals surface area contributed by atoms with E-state index in [1.165, 1.54) is 23.9 Å². The largest absolute Gasteiger partial charge is 0.497 e. The van der Waals surface area contributed by atoms with Gasteiger partial charge in [0.05, 0.1) is 12.9 Å². The average Bonchev–Trinajstić information content (AvgIpc) is 2.78. The maximum atomic E-state index is 13.1. The van der Waals surface area contributed by atoms with Crippen LogP contribution in [-0.2, 0) is 21.9 Å². The van der Waals surface area contributed by atoms with E-state index < -0.39 is 6.04 Å². The number of carbonyl (C=O) groups is 2. The monoisotopic (exact) mass is 446 g/mol. The first-order chi connectivity index (χ1) is 14.9. The Labute approximate surface area is 188 Å². The number of halogens is 1. The molecule has 0 aliphatic carbocycles. The van der Waals surface area contributed by atoms with Crippen molar-refractivity contribution in [2.45, 2.75) is 45.0 Å². The lowest BCUT2D eigenvalue weighted by Gasteiger charge is -2.29. The number of ether oxygens (including phenoxy) is 1. The molecule has 31 heavy (non-hydrogen) atoms. The third-order valence-corrected chi connectivity index (χ3v) is 5.88. The Hall–Kier alpha value is -2.54. The number of hydrogen-bond acceptors (Lipinski definition) is 4. The van der Waals surface area contributed by atoms with E-state index in [4.69, 9.17) is 4.74 Å². The summed E-state index contributed by atoms with van der Waals surface area (Å²) in [5, 5.41) is 2.91. The van der Waals surface area contributed by atoms with Crippen LogP contribution < -0.4 is 10.1 Å². The Morgan fingerprint density at radius 1 is 1.16 bits per heavy atom. The molecule has 168 valence electrons. The van der Waals surface area contributed by atoms with Crippen molar-refractivity contribution in [2.24, 2.45) is 0 Å². The number of rotatable bonds is 12. The van der Waals surface area contributed by atoms with Gasteiger partial charge in [-0.15, -0.1) is 11.8 Å². The van der Waals surface area contributed by atoms with Crippen molar-refractivity contribution >= 4 is 23.6 Å². The van der Waals surface area contributed by atoms with Crippen LogP contribution in [0.5, 0.6) is 5.75 Å². The van der Waals surface area contributed by atoms with E-state index in [1.807, 2.05) is 24.3 Å². The summed E-state index contributed by atoms with van der Waals surface area (Å²) in [5.41, 5.74) is 1.84. The van der Waals surface area contributed by atoms with Crippen LogP contribution in [0.15, 0.2) is 48.5 Å². The fourth-order valence-corrected chi connectivity index (χ4v) is 3.88. The summed E-state index contributed by atoms with van der Waals surface area (Å²) >= 11 is 1.45. The molecule has 0 radical (unpaired) electrons. The molecule has 2 aromatic rings. The quantitative estimate of drug-likeness (QED) is 0.491. The lowest BCUT2D eigenvalue weighted by atomic mass is 10.1. The summed E-state index contributed by atoms with van der Waals surface area (Å²) in [6.45, 7) is 4.73. The molecule has 0 aliphatic heterocycles. The van der Waals surface area contributed by atoms with Gasteiger partial charge in [-0.3, -0.25) is 9.59 Å². The summed E-state index contributed by atoms with van der Waals surface area (Å²) in [5.74, 6) is 0.971. The molecule has 1 N–H and O–H groups in total. The molecule has 0 aliphatic rings. The van der Waals surface area contributed by atoms with Crippen molar-refractivity contribution in [3.63, 3.8) is 0 Å². The molecule has 0 saturated carbocycles. The van der Waals surface area contributed by atoms with Gasteiger partial charge in [0.2, 0.25) is 11.8 Å². The fourth-order valence-electron chi connectivity index (χ4n) is 3.01. The Balaban J connectivity index is 2.06. The highest BCUT2D eigenvalue weighted by Gasteiger charge is 2.26. The molecule has 0 heterocycles. The van der Waals surface area contributed by atoms with Gasteiger partial charge in [-0.25, -0.2) is 4.39 Å². The number of nitrogens with one attached hydrogen (secondary N) is 1. The standard InChI is InChI=1S/C24H31FN2O3S/c1-4-5-13-26-24(29)18(2)27(15-20-7-6-8-22(14-20)30-3)23(28)17-31-16-19-9-11-21(25)12-10-19/h6-12,14,18H,4-5,13,15-17H2,1-3H3,(H,26,29)/t18-/m0/s1. The molecule has 5 nitrogen and oxygen atoms in total. The molecule has 2 aromatic carbocycles. The zero-order valence-corrected chi connectivity index (χ0v) is 19.2. The number of benzene rings is 2. The van der Waals surface area contributed by atoms with Gasteiger partial charge in [0.25, 0.3) is 0 Å². The van der Waals surface area contributed by atoms with Gasteiger partial charge in [-0.05, 0) is 48.7 Å². The maximum Gasteiger partial charge on any atom is 0.242 e. The van der Waals surface area contributed by atoms with Gasteiger partial charge in [0, 0.05) is 18.8 Å². The lowest BCUT2D eigenvalue weighted by Crippen LogP contribution is -2.48. The molecule has 2 amide bonds. The number of amides is 2. The molecule has 0 aromatic heterocycles. The molecule has 1 atom stereocenters. The lowest BCUT2D eigenvalue weighted by molar-refractivity contribution is -0.138. The van der Waals surface area contributed by atoms with E-state index in [1.54, 1.807) is 31.1 Å². The highest BCUT2D eigenvalue weighted by Crippen LogP contribution is 2.18. The number of hydrogen-bond donors (Lipinski definition) is 1. The first-order valence-corrected chi connectivity index (χ1v) is 11.6. The molecule has 2 rings (SSSR count). The van der Waals surface area contributed by atoms with Gasteiger partial charge in [-0.2, -0.15) is 0 Å². The minimum absolute atomic E-state index is 0.118. The zero-order chi connectivity index (χ0) is 22.6. The van der Waals surface area contributed by atoms with Crippen molar-refractivity contribution in [2.75, 3.05) is 19.4 Å². The minimum Gasteiger partial charge on any atom is -0.497 e. The number of carbonyl (C=O) groups excluding carboxylic acids is 2. The normalized spacial score (nSPS) is 11.6.